The van der Waals surface area contributed by atoms with Gasteiger partial charge in [-0.15, -0.1) is 0 Å². The molecule has 1 saturated heterocycles. The van der Waals surface area contributed by atoms with Gasteiger partial charge in [0.2, 0.25) is 0 Å². The molecule has 0 radical (unpaired) electrons. The minimum absolute atomic E-state index is 0.0267. The average molecular weight is 399 g/mol. The van der Waals surface area contributed by atoms with Crippen LogP contribution in [0.1, 0.15) is 52.0 Å². The lowest BCUT2D eigenvalue weighted by Gasteiger charge is -2.23. The van der Waals surface area contributed by atoms with Gasteiger partial charge in [-0.3, -0.25) is 9.48 Å². The number of aromatic nitrogens is 4. The van der Waals surface area contributed by atoms with Gasteiger partial charge >= 0.3 is 0 Å². The van der Waals surface area contributed by atoms with Crippen molar-refractivity contribution in [2.45, 2.75) is 39.3 Å². The van der Waals surface area contributed by atoms with Gasteiger partial charge in [0.1, 0.15) is 5.82 Å². The number of aromatic amines is 1. The van der Waals surface area contributed by atoms with Gasteiger partial charge in [0.05, 0.1) is 34.9 Å². The van der Waals surface area contributed by atoms with Crippen molar-refractivity contribution in [1.29, 1.82) is 0 Å². The smallest absolute Gasteiger partial charge is 0.258 e. The van der Waals surface area contributed by atoms with Crippen LogP contribution in [-0.4, -0.2) is 37.1 Å². The molecule has 0 saturated carbocycles. The maximum Gasteiger partial charge on any atom is 0.258 e. The number of para-hydroxylation sites is 2. The van der Waals surface area contributed by atoms with E-state index in [-0.39, 0.29) is 11.9 Å². The predicted octanol–water partition coefficient (Wildman–Crippen LogP) is 4.40. The Labute approximate surface area is 175 Å². The molecule has 1 amide bonds. The molecule has 1 atom stereocenters. The number of hydrogen-bond donors (Lipinski definition) is 1. The van der Waals surface area contributed by atoms with Crippen LogP contribution in [0.25, 0.3) is 11.0 Å². The summed E-state index contributed by atoms with van der Waals surface area (Å²) >= 11 is 0. The van der Waals surface area contributed by atoms with Crippen LogP contribution in [-0.2, 0) is 6.54 Å². The maximum absolute atomic E-state index is 13.6. The largest absolute Gasteiger partial charge is 0.340 e. The lowest BCUT2D eigenvalue weighted by molar-refractivity contribution is 0.0729. The molecule has 6 nitrogen and oxygen atoms in total. The molecule has 6 heteroatoms. The monoisotopic (exact) mass is 399 g/mol. The fraction of sp³-hybridized carbons (Fsp3) is 0.292. The van der Waals surface area contributed by atoms with Crippen molar-refractivity contribution in [3.63, 3.8) is 0 Å². The first-order valence-corrected chi connectivity index (χ1v) is 10.5. The third-order valence-corrected chi connectivity index (χ3v) is 6.01. The first-order chi connectivity index (χ1) is 14.6. The van der Waals surface area contributed by atoms with Crippen LogP contribution in [0.5, 0.6) is 0 Å². The van der Waals surface area contributed by atoms with Crippen molar-refractivity contribution in [3.8, 4) is 0 Å². The minimum atomic E-state index is -0.0267. The second-order valence-electron chi connectivity index (χ2n) is 7.98. The van der Waals surface area contributed by atoms with Gasteiger partial charge in [-0.05, 0) is 44.4 Å². The number of likely N-dealkylation sites (tertiary alicyclic amines) is 1. The molecule has 2 aromatic carbocycles. The molecular weight excluding hydrogens is 374 g/mol. The van der Waals surface area contributed by atoms with E-state index < -0.39 is 0 Å². The van der Waals surface area contributed by atoms with Crippen LogP contribution < -0.4 is 0 Å². The second-order valence-corrected chi connectivity index (χ2v) is 7.98. The summed E-state index contributed by atoms with van der Waals surface area (Å²) in [4.78, 5) is 23.7. The fourth-order valence-electron chi connectivity index (χ4n) is 4.48. The molecule has 1 N–H and O–H groups in total. The number of nitrogens with zero attached hydrogens (tertiary/aromatic N) is 4. The molecule has 0 spiro atoms. The SMILES string of the molecule is Cc1nn(Cc2ccccc2)c(C)c1C(=O)N1CCCC1c1nc2ccccc2[nH]1. The average Bonchev–Trinajstić information content (AvgIpc) is 3.46. The number of fused-ring (bicyclic) bond motifs is 1. The molecule has 5 rings (SSSR count). The van der Waals surface area contributed by atoms with Gasteiger partial charge in [0, 0.05) is 12.2 Å². The topological polar surface area (TPSA) is 66.8 Å². The molecule has 4 aromatic rings. The summed E-state index contributed by atoms with van der Waals surface area (Å²) in [5.74, 6) is 0.918. The normalized spacial score (nSPS) is 16.5. The van der Waals surface area contributed by atoms with Crippen LogP contribution in [0.4, 0.5) is 0 Å². The van der Waals surface area contributed by atoms with Crippen LogP contribution in [0, 0.1) is 13.8 Å². The zero-order valence-corrected chi connectivity index (χ0v) is 17.3. The summed E-state index contributed by atoms with van der Waals surface area (Å²) in [5, 5.41) is 4.68. The van der Waals surface area contributed by atoms with E-state index in [4.69, 9.17) is 4.98 Å². The Morgan fingerprint density at radius 3 is 2.67 bits per heavy atom. The Morgan fingerprint density at radius 1 is 1.10 bits per heavy atom. The number of carbonyl (C=O) groups is 1. The molecule has 152 valence electrons. The zero-order chi connectivity index (χ0) is 20.7. The van der Waals surface area contributed by atoms with E-state index in [0.29, 0.717) is 12.1 Å². The number of nitrogens with one attached hydrogen (secondary N) is 1. The van der Waals surface area contributed by atoms with Crippen LogP contribution in [0.2, 0.25) is 0 Å². The summed E-state index contributed by atoms with van der Waals surface area (Å²) in [6.45, 7) is 5.31. The van der Waals surface area contributed by atoms with E-state index in [0.717, 1.165) is 47.6 Å². The molecule has 2 aromatic heterocycles. The number of amides is 1. The Hall–Kier alpha value is -3.41. The van der Waals surface area contributed by atoms with E-state index >= 15 is 0 Å². The van der Waals surface area contributed by atoms with Crippen molar-refractivity contribution in [1.82, 2.24) is 24.6 Å². The molecule has 1 fully saturated rings. The van der Waals surface area contributed by atoms with Gasteiger partial charge < -0.3 is 9.88 Å². The molecule has 1 unspecified atom stereocenters. The van der Waals surface area contributed by atoms with E-state index in [2.05, 4.69) is 22.2 Å². The summed E-state index contributed by atoms with van der Waals surface area (Å²) in [7, 11) is 0. The molecule has 0 aliphatic carbocycles. The summed E-state index contributed by atoms with van der Waals surface area (Å²) in [5.41, 5.74) is 5.53. The number of benzene rings is 2. The molecular formula is C24H25N5O. The summed E-state index contributed by atoms with van der Waals surface area (Å²) < 4.78 is 1.93. The maximum atomic E-state index is 13.6. The van der Waals surface area contributed by atoms with Crippen LogP contribution >= 0.6 is 0 Å². The Morgan fingerprint density at radius 2 is 1.87 bits per heavy atom. The Kier molecular flexibility index (Phi) is 4.62. The highest BCUT2D eigenvalue weighted by atomic mass is 16.2. The first kappa shape index (κ1) is 18.6. The summed E-state index contributed by atoms with van der Waals surface area (Å²) in [6, 6.07) is 18.2. The third kappa shape index (κ3) is 3.18. The van der Waals surface area contributed by atoms with E-state index in [1.54, 1.807) is 0 Å². The standard InChI is InChI=1S/C24H25N5O/c1-16-22(17(2)29(27-16)15-18-9-4-3-5-10-18)24(30)28-14-8-13-21(28)23-25-19-11-6-7-12-20(19)26-23/h3-7,9-12,21H,8,13-15H2,1-2H3,(H,25,26). The number of hydrogen-bond acceptors (Lipinski definition) is 3. The molecule has 3 heterocycles. The molecule has 1 aliphatic heterocycles. The van der Waals surface area contributed by atoms with Crippen molar-refractivity contribution < 1.29 is 4.79 Å². The van der Waals surface area contributed by atoms with Gasteiger partial charge in [0.15, 0.2) is 0 Å². The van der Waals surface area contributed by atoms with Gasteiger partial charge in [-0.25, -0.2) is 4.98 Å². The minimum Gasteiger partial charge on any atom is -0.340 e. The third-order valence-electron chi connectivity index (χ3n) is 6.01. The van der Waals surface area contributed by atoms with E-state index in [9.17, 15) is 4.79 Å². The predicted molar refractivity (Wildman–Crippen MR) is 116 cm³/mol. The zero-order valence-electron chi connectivity index (χ0n) is 17.3. The van der Waals surface area contributed by atoms with Gasteiger partial charge in [-0.1, -0.05) is 42.5 Å². The number of rotatable bonds is 4. The Bertz CT molecular complexity index is 1170. The molecule has 1 aliphatic rings. The number of aryl methyl sites for hydroxylation is 1. The number of imidazole rings is 1. The van der Waals surface area contributed by atoms with Crippen LogP contribution in [0.3, 0.4) is 0 Å². The van der Waals surface area contributed by atoms with Crippen molar-refractivity contribution in [2.75, 3.05) is 6.54 Å². The number of H-pyrrole nitrogens is 1. The van der Waals surface area contributed by atoms with Crippen molar-refractivity contribution in [2.24, 2.45) is 0 Å². The lowest BCUT2D eigenvalue weighted by atomic mass is 10.1. The highest BCUT2D eigenvalue weighted by Crippen LogP contribution is 2.33. The lowest BCUT2D eigenvalue weighted by Crippen LogP contribution is -2.32. The quantitative estimate of drug-likeness (QED) is 0.553. The van der Waals surface area contributed by atoms with E-state index in [1.165, 1.54) is 5.56 Å². The highest BCUT2D eigenvalue weighted by molar-refractivity contribution is 5.97. The van der Waals surface area contributed by atoms with E-state index in [1.807, 2.05) is 65.9 Å². The molecule has 30 heavy (non-hydrogen) atoms. The van der Waals surface area contributed by atoms with Crippen molar-refractivity contribution >= 4 is 16.9 Å². The fourth-order valence-corrected chi connectivity index (χ4v) is 4.48. The van der Waals surface area contributed by atoms with Gasteiger partial charge in [0.25, 0.3) is 5.91 Å². The highest BCUT2D eigenvalue weighted by Gasteiger charge is 2.35. The Balaban J connectivity index is 1.45. The van der Waals surface area contributed by atoms with Crippen molar-refractivity contribution in [3.05, 3.63) is 82.9 Å². The number of carbonyl (C=O) groups excluding carboxylic acids is 1. The molecule has 0 bridgehead atoms. The van der Waals surface area contributed by atoms with Gasteiger partial charge in [-0.2, -0.15) is 5.10 Å². The summed E-state index contributed by atoms with van der Waals surface area (Å²) in [6.07, 6.45) is 1.89. The first-order valence-electron chi connectivity index (χ1n) is 10.5. The second kappa shape index (κ2) is 7.44. The van der Waals surface area contributed by atoms with Crippen LogP contribution in [0.15, 0.2) is 54.6 Å².